The topological polar surface area (TPSA) is 104 Å². The van der Waals surface area contributed by atoms with Gasteiger partial charge in [-0.25, -0.2) is 4.79 Å². The summed E-state index contributed by atoms with van der Waals surface area (Å²) in [5.41, 5.74) is 1.59. The number of rotatable bonds is 4. The van der Waals surface area contributed by atoms with Gasteiger partial charge in [-0.1, -0.05) is 66.2 Å². The molecule has 5 aliphatic rings. The molecule has 6 rings (SSSR count). The van der Waals surface area contributed by atoms with E-state index in [1.165, 1.54) is 23.8 Å². The van der Waals surface area contributed by atoms with Crippen LogP contribution in [0, 0.1) is 50.2 Å². The zero-order valence-electron chi connectivity index (χ0n) is 28.4. The quantitative estimate of drug-likeness (QED) is 0.135. The molecule has 0 saturated heterocycles. The van der Waals surface area contributed by atoms with Crippen LogP contribution in [0.25, 0.3) is 6.08 Å². The van der Waals surface area contributed by atoms with E-state index in [2.05, 4.69) is 54.5 Å². The molecule has 5 aliphatic carbocycles. The van der Waals surface area contributed by atoms with E-state index in [1.54, 1.807) is 12.1 Å². The van der Waals surface area contributed by atoms with Gasteiger partial charge in [0.1, 0.15) is 6.10 Å². The van der Waals surface area contributed by atoms with Gasteiger partial charge in [0.05, 0.1) is 5.41 Å². The fraction of sp³-hybridized carbons (Fsp3) is 0.692. The van der Waals surface area contributed by atoms with Gasteiger partial charge >= 0.3 is 11.9 Å². The molecule has 0 heterocycles. The van der Waals surface area contributed by atoms with E-state index in [-0.39, 0.29) is 56.6 Å². The normalized spacial score (nSPS) is 41.5. The van der Waals surface area contributed by atoms with Crippen LogP contribution >= 0.6 is 0 Å². The number of fused-ring (bicyclic) bond motifs is 7. The number of aliphatic carboxylic acids is 1. The third-order valence-electron chi connectivity index (χ3n) is 14.7. The van der Waals surface area contributed by atoms with Gasteiger partial charge < -0.3 is 20.1 Å². The Morgan fingerprint density at radius 3 is 2.27 bits per heavy atom. The molecule has 4 saturated carbocycles. The minimum Gasteiger partial charge on any atom is -0.504 e. The van der Waals surface area contributed by atoms with E-state index < -0.39 is 11.4 Å². The van der Waals surface area contributed by atoms with E-state index >= 15 is 0 Å². The van der Waals surface area contributed by atoms with Crippen molar-refractivity contribution in [3.05, 3.63) is 41.5 Å². The Kier molecular flexibility index (Phi) is 7.42. The molecule has 246 valence electrons. The highest BCUT2D eigenvalue weighted by molar-refractivity contribution is 5.87. The van der Waals surface area contributed by atoms with E-state index in [1.807, 2.05) is 0 Å². The molecule has 0 bridgehead atoms. The fourth-order valence-corrected chi connectivity index (χ4v) is 11.8. The highest BCUT2D eigenvalue weighted by Crippen LogP contribution is 2.75. The Morgan fingerprint density at radius 2 is 1.58 bits per heavy atom. The number of hydrogen-bond acceptors (Lipinski definition) is 5. The molecule has 1 aromatic rings. The lowest BCUT2D eigenvalue weighted by molar-refractivity contribution is -0.212. The van der Waals surface area contributed by atoms with Crippen LogP contribution in [0.2, 0.25) is 0 Å². The van der Waals surface area contributed by atoms with Crippen molar-refractivity contribution in [1.82, 2.24) is 0 Å². The first-order valence-electron chi connectivity index (χ1n) is 17.2. The molecule has 45 heavy (non-hydrogen) atoms. The number of hydrogen-bond donors (Lipinski definition) is 3. The number of phenolic OH excluding ortho intramolecular Hbond substituents is 2. The fourth-order valence-electron chi connectivity index (χ4n) is 11.8. The van der Waals surface area contributed by atoms with Gasteiger partial charge in [-0.15, -0.1) is 0 Å². The number of benzene rings is 1. The van der Waals surface area contributed by atoms with Gasteiger partial charge in [0.25, 0.3) is 0 Å². The number of esters is 1. The zero-order chi connectivity index (χ0) is 32.8. The van der Waals surface area contributed by atoms with Crippen LogP contribution in [0.4, 0.5) is 0 Å². The SMILES string of the molecule is CC1(C)CC[C@]2(C(=O)O)CC[C@]3(C)C(=CC[C@@H]4[C@@]5(C)CCC(OC(=O)/C=C/c6ccc(O)c(O)c6)C(C)(C)[C@@H]5CC[C@]43C)[C@@H]2C1. The number of phenols is 2. The minimum absolute atomic E-state index is 0.0121. The van der Waals surface area contributed by atoms with Gasteiger partial charge in [-0.3, -0.25) is 4.79 Å². The van der Waals surface area contributed by atoms with Crippen LogP contribution < -0.4 is 0 Å². The minimum atomic E-state index is -0.619. The molecule has 0 radical (unpaired) electrons. The zero-order valence-corrected chi connectivity index (χ0v) is 28.4. The predicted molar refractivity (Wildman–Crippen MR) is 175 cm³/mol. The number of carbonyl (C=O) groups excluding carboxylic acids is 1. The molecule has 0 amide bonds. The first-order valence-corrected chi connectivity index (χ1v) is 17.2. The lowest BCUT2D eigenvalue weighted by atomic mass is 9.33. The first kappa shape index (κ1) is 32.2. The van der Waals surface area contributed by atoms with Gasteiger partial charge in [-0.2, -0.15) is 0 Å². The van der Waals surface area contributed by atoms with Crippen molar-refractivity contribution < 1.29 is 29.6 Å². The number of carbonyl (C=O) groups is 2. The largest absolute Gasteiger partial charge is 0.504 e. The van der Waals surface area contributed by atoms with Crippen molar-refractivity contribution >= 4 is 18.0 Å². The van der Waals surface area contributed by atoms with Crippen LogP contribution in [0.15, 0.2) is 35.9 Å². The molecule has 3 N–H and O–H groups in total. The summed E-state index contributed by atoms with van der Waals surface area (Å²) < 4.78 is 6.15. The summed E-state index contributed by atoms with van der Waals surface area (Å²) in [5.74, 6) is -0.379. The molecule has 0 aromatic heterocycles. The molecule has 0 spiro atoms. The maximum Gasteiger partial charge on any atom is 0.331 e. The number of allylic oxidation sites excluding steroid dienone is 2. The van der Waals surface area contributed by atoms with Gasteiger partial charge in [-0.05, 0) is 127 Å². The highest BCUT2D eigenvalue weighted by Gasteiger charge is 2.69. The van der Waals surface area contributed by atoms with Gasteiger partial charge in [0.15, 0.2) is 11.5 Å². The lowest BCUT2D eigenvalue weighted by Crippen LogP contribution is -2.65. The van der Waals surface area contributed by atoms with Crippen molar-refractivity contribution in [3.63, 3.8) is 0 Å². The summed E-state index contributed by atoms with van der Waals surface area (Å²) >= 11 is 0. The number of carboxylic acid groups (broad SMARTS) is 1. The second-order valence-electron chi connectivity index (χ2n) is 17.5. The molecular formula is C39H54O6. The summed E-state index contributed by atoms with van der Waals surface area (Å²) in [4.78, 5) is 25.9. The van der Waals surface area contributed by atoms with E-state index in [0.717, 1.165) is 64.2 Å². The van der Waals surface area contributed by atoms with Crippen molar-refractivity contribution in [3.8, 4) is 11.5 Å². The Hall–Kier alpha value is -2.76. The average Bonchev–Trinajstić information content (AvgIpc) is 2.95. The molecule has 1 unspecified atom stereocenters. The number of carboxylic acids is 1. The predicted octanol–water partition coefficient (Wildman–Crippen LogP) is 8.91. The van der Waals surface area contributed by atoms with Crippen LogP contribution in [-0.2, 0) is 14.3 Å². The average molecular weight is 619 g/mol. The van der Waals surface area contributed by atoms with Crippen molar-refractivity contribution in [2.75, 3.05) is 0 Å². The maximum absolute atomic E-state index is 13.0. The molecule has 6 heteroatoms. The van der Waals surface area contributed by atoms with Gasteiger partial charge in [0, 0.05) is 11.5 Å². The highest BCUT2D eigenvalue weighted by atomic mass is 16.5. The van der Waals surface area contributed by atoms with Crippen molar-refractivity contribution in [1.29, 1.82) is 0 Å². The van der Waals surface area contributed by atoms with Crippen molar-refractivity contribution in [2.24, 2.45) is 50.2 Å². The smallest absolute Gasteiger partial charge is 0.331 e. The second kappa shape index (κ2) is 10.4. The summed E-state index contributed by atoms with van der Waals surface area (Å²) in [7, 11) is 0. The Balaban J connectivity index is 1.25. The van der Waals surface area contributed by atoms with Crippen LogP contribution in [0.3, 0.4) is 0 Å². The molecule has 4 fully saturated rings. The third-order valence-corrected chi connectivity index (χ3v) is 14.7. The summed E-state index contributed by atoms with van der Waals surface area (Å²) in [6.07, 6.45) is 14.8. The molecule has 8 atom stereocenters. The number of ether oxygens (including phenoxy) is 1. The molecule has 1 aromatic carbocycles. The summed E-state index contributed by atoms with van der Waals surface area (Å²) in [6, 6.07) is 4.46. The van der Waals surface area contributed by atoms with Crippen molar-refractivity contribution in [2.45, 2.75) is 119 Å². The van der Waals surface area contributed by atoms with Crippen LogP contribution in [-0.4, -0.2) is 33.4 Å². The van der Waals surface area contributed by atoms with Crippen LogP contribution in [0.5, 0.6) is 11.5 Å². The van der Waals surface area contributed by atoms with E-state index in [4.69, 9.17) is 4.74 Å². The van der Waals surface area contributed by atoms with E-state index in [9.17, 15) is 24.9 Å². The summed E-state index contributed by atoms with van der Waals surface area (Å²) in [5, 5.41) is 30.0. The Morgan fingerprint density at radius 1 is 0.867 bits per heavy atom. The maximum atomic E-state index is 13.0. The van der Waals surface area contributed by atoms with Crippen LogP contribution in [0.1, 0.15) is 118 Å². The number of aromatic hydroxyl groups is 2. The molecule has 0 aliphatic heterocycles. The van der Waals surface area contributed by atoms with Gasteiger partial charge in [0.2, 0.25) is 0 Å². The standard InChI is InChI=1S/C39H54O6/c1-34(2)18-20-39(33(43)44)21-19-37(6)25(26(39)23-34)10-12-30-36(5)16-15-31(35(3,4)29(36)14-17-38(30,37)7)45-32(42)13-9-24-8-11-27(40)28(41)22-24/h8-11,13,22,26,29-31,40-41H,12,14-21,23H2,1-7H3,(H,43,44)/b13-9+/t26-,29-,30+,31?,36-,37+,38+,39-/m0/s1. The molecule has 6 nitrogen and oxygen atoms in total. The molecular weight excluding hydrogens is 564 g/mol. The summed E-state index contributed by atoms with van der Waals surface area (Å²) in [6.45, 7) is 16.8. The first-order chi connectivity index (χ1) is 20.9. The Labute approximate surface area is 269 Å². The second-order valence-corrected chi connectivity index (χ2v) is 17.5. The Bertz CT molecular complexity index is 1450. The lowest BCUT2D eigenvalue weighted by Gasteiger charge is -2.71. The van der Waals surface area contributed by atoms with E-state index in [0.29, 0.717) is 17.4 Å². The monoisotopic (exact) mass is 618 g/mol. The third kappa shape index (κ3) is 4.70.